The third-order valence-electron chi connectivity index (χ3n) is 3.55. The summed E-state index contributed by atoms with van der Waals surface area (Å²) in [5, 5.41) is 0. The lowest BCUT2D eigenvalue weighted by molar-refractivity contribution is 0.105. The zero-order valence-corrected chi connectivity index (χ0v) is 10.9. The summed E-state index contributed by atoms with van der Waals surface area (Å²) in [6, 6.07) is 0. The third kappa shape index (κ3) is 3.13. The molecule has 0 unspecified atom stereocenters. The van der Waals surface area contributed by atoms with Crippen molar-refractivity contribution in [1.82, 2.24) is 4.90 Å². The molecule has 3 nitrogen and oxygen atoms in total. The summed E-state index contributed by atoms with van der Waals surface area (Å²) in [6.07, 6.45) is 6.81. The van der Waals surface area contributed by atoms with Crippen LogP contribution in [0.4, 0.5) is 4.79 Å². The summed E-state index contributed by atoms with van der Waals surface area (Å²) >= 11 is 0. The highest BCUT2D eigenvalue weighted by atomic mass is 16.6. The van der Waals surface area contributed by atoms with Crippen LogP contribution in [0.1, 0.15) is 59.3 Å². The minimum absolute atomic E-state index is 0.0135. The molecule has 0 aromatic carbocycles. The number of unbranched alkanes of at least 4 members (excludes halogenated alkanes) is 2. The summed E-state index contributed by atoms with van der Waals surface area (Å²) in [5.41, 5.74) is 0.0135. The van der Waals surface area contributed by atoms with E-state index in [1.807, 2.05) is 4.90 Å². The second-order valence-electron chi connectivity index (χ2n) is 4.97. The first kappa shape index (κ1) is 13.3. The molecule has 0 spiro atoms. The smallest absolute Gasteiger partial charge is 0.410 e. The molecule has 0 N–H and O–H groups in total. The van der Waals surface area contributed by atoms with Gasteiger partial charge >= 0.3 is 6.09 Å². The monoisotopic (exact) mass is 227 g/mol. The topological polar surface area (TPSA) is 29.5 Å². The van der Waals surface area contributed by atoms with Crippen molar-refractivity contribution >= 4 is 6.09 Å². The van der Waals surface area contributed by atoms with Crippen molar-refractivity contribution in [1.29, 1.82) is 0 Å². The largest absolute Gasteiger partial charge is 0.448 e. The summed E-state index contributed by atoms with van der Waals surface area (Å²) < 4.78 is 5.06. The second-order valence-corrected chi connectivity index (χ2v) is 4.97. The van der Waals surface area contributed by atoms with Gasteiger partial charge in [0.1, 0.15) is 6.61 Å². The molecule has 1 heterocycles. The molecule has 1 amide bonds. The highest BCUT2D eigenvalue weighted by Gasteiger charge is 2.38. The van der Waals surface area contributed by atoms with Crippen LogP contribution in [0.5, 0.6) is 0 Å². The maximum atomic E-state index is 11.7. The van der Waals surface area contributed by atoms with Gasteiger partial charge < -0.3 is 4.74 Å². The Morgan fingerprint density at radius 2 is 1.81 bits per heavy atom. The Morgan fingerprint density at radius 1 is 1.25 bits per heavy atom. The molecule has 0 aliphatic carbocycles. The van der Waals surface area contributed by atoms with Crippen LogP contribution in [-0.4, -0.2) is 29.7 Å². The zero-order valence-electron chi connectivity index (χ0n) is 10.9. The molecular weight excluding hydrogens is 202 g/mol. The van der Waals surface area contributed by atoms with Crippen LogP contribution < -0.4 is 0 Å². The van der Waals surface area contributed by atoms with Gasteiger partial charge in [0.2, 0.25) is 0 Å². The van der Waals surface area contributed by atoms with Gasteiger partial charge in [0.15, 0.2) is 0 Å². The Morgan fingerprint density at radius 3 is 2.19 bits per heavy atom. The Hall–Kier alpha value is -0.730. The Bertz CT molecular complexity index is 220. The molecule has 16 heavy (non-hydrogen) atoms. The lowest BCUT2D eigenvalue weighted by Crippen LogP contribution is -2.47. The molecule has 94 valence electrons. The van der Waals surface area contributed by atoms with Crippen LogP contribution in [0, 0.1) is 0 Å². The van der Waals surface area contributed by atoms with Crippen LogP contribution in [0.2, 0.25) is 0 Å². The molecule has 3 heteroatoms. The van der Waals surface area contributed by atoms with Crippen LogP contribution in [-0.2, 0) is 4.74 Å². The predicted molar refractivity (Wildman–Crippen MR) is 65.5 cm³/mol. The fourth-order valence-corrected chi connectivity index (χ4v) is 2.39. The molecule has 0 aromatic heterocycles. The Kier molecular flexibility index (Phi) is 5.10. The molecule has 0 bridgehead atoms. The van der Waals surface area contributed by atoms with E-state index < -0.39 is 0 Å². The maximum absolute atomic E-state index is 11.7. The number of hydrogen-bond donors (Lipinski definition) is 0. The molecule has 1 rings (SSSR count). The van der Waals surface area contributed by atoms with Gasteiger partial charge in [0.05, 0.1) is 6.54 Å². The molecule has 1 saturated heterocycles. The maximum Gasteiger partial charge on any atom is 0.410 e. The van der Waals surface area contributed by atoms with E-state index in [4.69, 9.17) is 4.74 Å². The zero-order chi connectivity index (χ0) is 12.0. The Labute approximate surface area is 99.1 Å². The molecule has 1 aliphatic heterocycles. The Balaban J connectivity index is 2.63. The van der Waals surface area contributed by atoms with Crippen molar-refractivity contribution in [3.05, 3.63) is 0 Å². The molecule has 1 fully saturated rings. The molecule has 0 radical (unpaired) electrons. The molecular formula is C13H25NO2. The first-order chi connectivity index (χ1) is 7.64. The standard InChI is InChI=1S/C13H25NO2/c1-4-6-8-13(3,9-7-5-2)14-10-11-16-12(14)15/h4-11H2,1-3H3. The van der Waals surface area contributed by atoms with Crippen LogP contribution in [0.3, 0.4) is 0 Å². The van der Waals surface area contributed by atoms with Gasteiger partial charge in [-0.1, -0.05) is 39.5 Å². The fraction of sp³-hybridized carbons (Fsp3) is 0.923. The average molecular weight is 227 g/mol. The first-order valence-electron chi connectivity index (χ1n) is 6.58. The van der Waals surface area contributed by atoms with E-state index in [9.17, 15) is 4.79 Å². The van der Waals surface area contributed by atoms with Gasteiger partial charge in [-0.2, -0.15) is 0 Å². The van der Waals surface area contributed by atoms with Gasteiger partial charge in [-0.3, -0.25) is 4.90 Å². The van der Waals surface area contributed by atoms with Crippen molar-refractivity contribution < 1.29 is 9.53 Å². The number of carbonyl (C=O) groups excluding carboxylic acids is 1. The van der Waals surface area contributed by atoms with Crippen LogP contribution in [0.25, 0.3) is 0 Å². The van der Waals surface area contributed by atoms with E-state index in [0.29, 0.717) is 6.61 Å². The van der Waals surface area contributed by atoms with Crippen LogP contribution >= 0.6 is 0 Å². The average Bonchev–Trinajstić information content (AvgIpc) is 2.71. The van der Waals surface area contributed by atoms with E-state index in [2.05, 4.69) is 20.8 Å². The van der Waals surface area contributed by atoms with Crippen molar-refractivity contribution in [2.75, 3.05) is 13.2 Å². The van der Waals surface area contributed by atoms with E-state index >= 15 is 0 Å². The fourth-order valence-electron chi connectivity index (χ4n) is 2.39. The normalized spacial score (nSPS) is 16.7. The highest BCUT2D eigenvalue weighted by molar-refractivity contribution is 5.70. The van der Waals surface area contributed by atoms with Crippen molar-refractivity contribution in [2.45, 2.75) is 64.8 Å². The second kappa shape index (κ2) is 6.12. The number of nitrogens with zero attached hydrogens (tertiary/aromatic N) is 1. The van der Waals surface area contributed by atoms with Crippen molar-refractivity contribution in [3.63, 3.8) is 0 Å². The number of carbonyl (C=O) groups is 1. The van der Waals surface area contributed by atoms with E-state index in [0.717, 1.165) is 19.4 Å². The SMILES string of the molecule is CCCCC(C)(CCCC)N1CCOC1=O. The summed E-state index contributed by atoms with van der Waals surface area (Å²) in [5.74, 6) is 0. The van der Waals surface area contributed by atoms with Crippen LogP contribution in [0.15, 0.2) is 0 Å². The lowest BCUT2D eigenvalue weighted by atomic mass is 9.87. The van der Waals surface area contributed by atoms with E-state index in [1.165, 1.54) is 25.7 Å². The highest BCUT2D eigenvalue weighted by Crippen LogP contribution is 2.30. The quantitative estimate of drug-likeness (QED) is 0.665. The lowest BCUT2D eigenvalue weighted by Gasteiger charge is -2.37. The summed E-state index contributed by atoms with van der Waals surface area (Å²) in [7, 11) is 0. The molecule has 0 atom stereocenters. The number of ether oxygens (including phenoxy) is 1. The van der Waals surface area contributed by atoms with Gasteiger partial charge in [0.25, 0.3) is 0 Å². The molecule has 0 saturated carbocycles. The number of amides is 1. The molecule has 1 aliphatic rings. The van der Waals surface area contributed by atoms with Gasteiger partial charge in [-0.15, -0.1) is 0 Å². The van der Waals surface area contributed by atoms with E-state index in [1.54, 1.807) is 0 Å². The third-order valence-corrected chi connectivity index (χ3v) is 3.55. The number of cyclic esters (lactones) is 1. The van der Waals surface area contributed by atoms with Gasteiger partial charge in [0, 0.05) is 5.54 Å². The van der Waals surface area contributed by atoms with E-state index in [-0.39, 0.29) is 11.6 Å². The predicted octanol–water partition coefficient (Wildman–Crippen LogP) is 3.58. The van der Waals surface area contributed by atoms with Crippen molar-refractivity contribution in [2.24, 2.45) is 0 Å². The number of hydrogen-bond acceptors (Lipinski definition) is 2. The van der Waals surface area contributed by atoms with Gasteiger partial charge in [-0.25, -0.2) is 4.79 Å². The van der Waals surface area contributed by atoms with Gasteiger partial charge in [-0.05, 0) is 19.8 Å². The minimum Gasteiger partial charge on any atom is -0.448 e. The molecule has 0 aromatic rings. The number of rotatable bonds is 7. The summed E-state index contributed by atoms with van der Waals surface area (Å²) in [6.45, 7) is 7.94. The minimum atomic E-state index is -0.116. The first-order valence-corrected chi connectivity index (χ1v) is 6.58. The van der Waals surface area contributed by atoms with Crippen molar-refractivity contribution in [3.8, 4) is 0 Å². The summed E-state index contributed by atoms with van der Waals surface area (Å²) in [4.78, 5) is 13.6.